The van der Waals surface area contributed by atoms with E-state index in [1.54, 1.807) is 6.07 Å². The summed E-state index contributed by atoms with van der Waals surface area (Å²) < 4.78 is 14.0. The van der Waals surface area contributed by atoms with Crippen molar-refractivity contribution < 1.29 is 4.39 Å². The lowest BCUT2D eigenvalue weighted by Crippen LogP contribution is -2.26. The summed E-state index contributed by atoms with van der Waals surface area (Å²) >= 11 is 0. The maximum Gasteiger partial charge on any atom is 0.131 e. The Morgan fingerprint density at radius 2 is 1.84 bits per heavy atom. The van der Waals surface area contributed by atoms with E-state index in [0.29, 0.717) is 11.6 Å². The van der Waals surface area contributed by atoms with Crippen LogP contribution in [0.15, 0.2) is 48.5 Å². The second-order valence-corrected chi connectivity index (χ2v) is 5.11. The number of nitrogens with one attached hydrogen (secondary N) is 1. The summed E-state index contributed by atoms with van der Waals surface area (Å²) in [5, 5.41) is 3.51. The molecular formula is C17H18FN. The van der Waals surface area contributed by atoms with Crippen LogP contribution < -0.4 is 5.32 Å². The molecule has 1 nitrogen and oxygen atoms in total. The molecule has 19 heavy (non-hydrogen) atoms. The van der Waals surface area contributed by atoms with Gasteiger partial charge in [0.15, 0.2) is 0 Å². The van der Waals surface area contributed by atoms with E-state index in [1.165, 1.54) is 18.4 Å². The van der Waals surface area contributed by atoms with Crippen LogP contribution in [0.25, 0.3) is 11.1 Å². The Morgan fingerprint density at radius 1 is 1.00 bits per heavy atom. The molecule has 1 atom stereocenters. The average molecular weight is 255 g/mol. The van der Waals surface area contributed by atoms with Gasteiger partial charge in [0.25, 0.3) is 0 Å². The first kappa shape index (κ1) is 12.4. The highest BCUT2D eigenvalue weighted by Gasteiger charge is 2.16. The van der Waals surface area contributed by atoms with Crippen LogP contribution in [0.2, 0.25) is 0 Å². The van der Waals surface area contributed by atoms with Crippen molar-refractivity contribution in [3.05, 3.63) is 59.9 Å². The lowest BCUT2D eigenvalue weighted by Gasteiger charge is -2.24. The van der Waals surface area contributed by atoms with Crippen molar-refractivity contribution in [1.29, 1.82) is 0 Å². The van der Waals surface area contributed by atoms with Gasteiger partial charge in [-0.05, 0) is 42.6 Å². The summed E-state index contributed by atoms with van der Waals surface area (Å²) in [5.41, 5.74) is 2.84. The average Bonchev–Trinajstić information content (AvgIpc) is 2.49. The molecule has 2 aromatic rings. The molecule has 0 saturated carbocycles. The largest absolute Gasteiger partial charge is 0.310 e. The Kier molecular flexibility index (Phi) is 3.60. The molecule has 1 N–H and O–H groups in total. The van der Waals surface area contributed by atoms with Gasteiger partial charge in [-0.25, -0.2) is 4.39 Å². The normalized spacial score (nSPS) is 19.3. The highest BCUT2D eigenvalue weighted by Crippen LogP contribution is 2.29. The predicted octanol–water partition coefficient (Wildman–Crippen LogP) is 4.31. The Morgan fingerprint density at radius 3 is 2.58 bits per heavy atom. The van der Waals surface area contributed by atoms with Crippen molar-refractivity contribution in [1.82, 2.24) is 5.32 Å². The zero-order chi connectivity index (χ0) is 13.1. The van der Waals surface area contributed by atoms with Gasteiger partial charge in [-0.15, -0.1) is 0 Å². The van der Waals surface area contributed by atoms with Crippen LogP contribution in [0.4, 0.5) is 4.39 Å². The molecule has 1 fully saturated rings. The van der Waals surface area contributed by atoms with Crippen LogP contribution in [0.1, 0.15) is 30.9 Å². The molecule has 1 heterocycles. The second kappa shape index (κ2) is 5.54. The minimum Gasteiger partial charge on any atom is -0.310 e. The maximum atomic E-state index is 14.0. The van der Waals surface area contributed by atoms with Gasteiger partial charge < -0.3 is 5.32 Å². The first-order chi connectivity index (χ1) is 9.34. The Bertz CT molecular complexity index is 544. The van der Waals surface area contributed by atoms with Gasteiger partial charge in [-0.2, -0.15) is 0 Å². The number of piperidine rings is 1. The van der Waals surface area contributed by atoms with Crippen LogP contribution in [-0.4, -0.2) is 6.54 Å². The zero-order valence-electron chi connectivity index (χ0n) is 10.9. The summed E-state index contributed by atoms with van der Waals surface area (Å²) in [6.45, 7) is 1.06. The molecule has 0 radical (unpaired) electrons. The first-order valence-corrected chi connectivity index (χ1v) is 6.93. The fraction of sp³-hybridized carbons (Fsp3) is 0.294. The summed E-state index contributed by atoms with van der Waals surface area (Å²) in [5.74, 6) is -0.147. The van der Waals surface area contributed by atoms with Gasteiger partial charge in [0.2, 0.25) is 0 Å². The summed E-state index contributed by atoms with van der Waals surface area (Å²) in [6, 6.07) is 15.6. The summed E-state index contributed by atoms with van der Waals surface area (Å²) in [4.78, 5) is 0. The van der Waals surface area contributed by atoms with Gasteiger partial charge in [0, 0.05) is 11.6 Å². The van der Waals surface area contributed by atoms with Crippen LogP contribution in [-0.2, 0) is 0 Å². The van der Waals surface area contributed by atoms with Crippen molar-refractivity contribution >= 4 is 0 Å². The lowest BCUT2D eigenvalue weighted by molar-refractivity contribution is 0.412. The number of benzene rings is 2. The predicted molar refractivity (Wildman–Crippen MR) is 76.4 cm³/mol. The molecule has 0 bridgehead atoms. The van der Waals surface area contributed by atoms with Gasteiger partial charge in [-0.3, -0.25) is 0 Å². The third kappa shape index (κ3) is 2.69. The number of hydrogen-bond donors (Lipinski definition) is 1. The summed E-state index contributed by atoms with van der Waals surface area (Å²) in [7, 11) is 0. The molecule has 0 spiro atoms. The topological polar surface area (TPSA) is 12.0 Å². The number of rotatable bonds is 2. The molecule has 3 rings (SSSR count). The smallest absolute Gasteiger partial charge is 0.131 e. The number of halogens is 1. The van der Waals surface area contributed by atoms with Gasteiger partial charge in [0.1, 0.15) is 5.82 Å². The Labute approximate surface area is 113 Å². The van der Waals surface area contributed by atoms with Crippen molar-refractivity contribution in [2.45, 2.75) is 25.3 Å². The van der Waals surface area contributed by atoms with Gasteiger partial charge >= 0.3 is 0 Å². The van der Waals surface area contributed by atoms with E-state index < -0.39 is 0 Å². The lowest BCUT2D eigenvalue weighted by atomic mass is 9.94. The van der Waals surface area contributed by atoms with Crippen LogP contribution in [0.3, 0.4) is 0 Å². The quantitative estimate of drug-likeness (QED) is 0.843. The maximum absolute atomic E-state index is 14.0. The molecule has 2 heteroatoms. The zero-order valence-corrected chi connectivity index (χ0v) is 10.9. The van der Waals surface area contributed by atoms with E-state index >= 15 is 0 Å². The van der Waals surface area contributed by atoms with Crippen LogP contribution >= 0.6 is 0 Å². The summed E-state index contributed by atoms with van der Waals surface area (Å²) in [6.07, 6.45) is 3.62. The standard InChI is InChI=1S/C17H18FN/c18-16-10-9-14(17-8-4-5-11-19-17)12-15(16)13-6-2-1-3-7-13/h1-3,6-7,9-10,12,17,19H,4-5,8,11H2. The Balaban J connectivity index is 1.96. The fourth-order valence-corrected chi connectivity index (χ4v) is 2.73. The molecule has 0 aliphatic carbocycles. The highest BCUT2D eigenvalue weighted by molar-refractivity contribution is 5.65. The third-order valence-electron chi connectivity index (χ3n) is 3.79. The second-order valence-electron chi connectivity index (χ2n) is 5.11. The molecule has 2 aromatic carbocycles. The van der Waals surface area contributed by atoms with Gasteiger partial charge in [0.05, 0.1) is 0 Å². The molecule has 1 aliphatic rings. The first-order valence-electron chi connectivity index (χ1n) is 6.93. The van der Waals surface area contributed by atoms with E-state index in [2.05, 4.69) is 5.32 Å². The van der Waals surface area contributed by atoms with E-state index in [9.17, 15) is 4.39 Å². The molecule has 1 unspecified atom stereocenters. The fourth-order valence-electron chi connectivity index (χ4n) is 2.73. The molecule has 1 saturated heterocycles. The van der Waals surface area contributed by atoms with Gasteiger partial charge in [-0.1, -0.05) is 42.8 Å². The van der Waals surface area contributed by atoms with E-state index in [0.717, 1.165) is 18.5 Å². The van der Waals surface area contributed by atoms with E-state index in [1.807, 2.05) is 42.5 Å². The van der Waals surface area contributed by atoms with E-state index in [-0.39, 0.29) is 5.82 Å². The minimum absolute atomic E-state index is 0.147. The Hall–Kier alpha value is -1.67. The molecule has 0 aromatic heterocycles. The van der Waals surface area contributed by atoms with Crippen molar-refractivity contribution in [2.24, 2.45) is 0 Å². The molecular weight excluding hydrogens is 237 g/mol. The third-order valence-corrected chi connectivity index (χ3v) is 3.79. The minimum atomic E-state index is -0.147. The SMILES string of the molecule is Fc1ccc(C2CCCCN2)cc1-c1ccccc1. The van der Waals surface area contributed by atoms with Crippen molar-refractivity contribution in [2.75, 3.05) is 6.54 Å². The van der Waals surface area contributed by atoms with Crippen molar-refractivity contribution in [3.63, 3.8) is 0 Å². The molecule has 98 valence electrons. The monoisotopic (exact) mass is 255 g/mol. The van der Waals surface area contributed by atoms with Crippen LogP contribution in [0.5, 0.6) is 0 Å². The van der Waals surface area contributed by atoms with E-state index in [4.69, 9.17) is 0 Å². The highest BCUT2D eigenvalue weighted by atomic mass is 19.1. The molecule has 0 amide bonds. The molecule has 1 aliphatic heterocycles. The number of hydrogen-bond acceptors (Lipinski definition) is 1. The van der Waals surface area contributed by atoms with Crippen molar-refractivity contribution in [3.8, 4) is 11.1 Å². The van der Waals surface area contributed by atoms with Crippen LogP contribution in [0, 0.1) is 5.82 Å².